The van der Waals surface area contributed by atoms with Gasteiger partial charge in [0.1, 0.15) is 0 Å². The number of nitrogens with zero attached hydrogens (tertiary/aromatic N) is 5. The molecule has 0 saturated carbocycles. The highest BCUT2D eigenvalue weighted by Crippen LogP contribution is 2.31. The van der Waals surface area contributed by atoms with Crippen LogP contribution in [0, 0.1) is 0 Å². The van der Waals surface area contributed by atoms with Crippen LogP contribution >= 0.6 is 11.6 Å². The highest BCUT2D eigenvalue weighted by Gasteiger charge is 2.34. The second-order valence-corrected chi connectivity index (χ2v) is 9.02. The monoisotopic (exact) mass is 463 g/mol. The lowest BCUT2D eigenvalue weighted by Crippen LogP contribution is -2.49. The lowest BCUT2D eigenvalue weighted by Gasteiger charge is -2.32. The van der Waals surface area contributed by atoms with Crippen LogP contribution in [0.15, 0.2) is 60.9 Å². The Balaban J connectivity index is 1.47. The van der Waals surface area contributed by atoms with Gasteiger partial charge in [-0.25, -0.2) is 9.48 Å². The number of likely N-dealkylation sites (tertiary alicyclic amines) is 1. The summed E-state index contributed by atoms with van der Waals surface area (Å²) in [6, 6.07) is 14.9. The Morgan fingerprint density at radius 1 is 1.06 bits per heavy atom. The van der Waals surface area contributed by atoms with Crippen LogP contribution in [0.4, 0.5) is 10.5 Å². The maximum atomic E-state index is 13.7. The SMILES string of the molecule is CC1CN(C(=O)c2ccc(-n3cccn3)cc2Cl)c2ccccc2CN1C(=O)N1CCCC1. The fourth-order valence-electron chi connectivity index (χ4n) is 4.63. The molecule has 3 aromatic rings. The Morgan fingerprint density at radius 2 is 1.85 bits per heavy atom. The highest BCUT2D eigenvalue weighted by atomic mass is 35.5. The minimum Gasteiger partial charge on any atom is -0.325 e. The number of carbonyl (C=O) groups excluding carboxylic acids is 2. The van der Waals surface area contributed by atoms with E-state index in [0.29, 0.717) is 23.7 Å². The maximum Gasteiger partial charge on any atom is 0.320 e. The molecule has 0 spiro atoms. The maximum absolute atomic E-state index is 13.7. The van der Waals surface area contributed by atoms with Gasteiger partial charge in [-0.3, -0.25) is 4.79 Å². The molecule has 2 aliphatic heterocycles. The Hall–Kier alpha value is -3.32. The van der Waals surface area contributed by atoms with E-state index in [2.05, 4.69) is 5.10 Å². The van der Waals surface area contributed by atoms with Crippen LogP contribution in [-0.4, -0.2) is 57.2 Å². The zero-order chi connectivity index (χ0) is 22.9. The van der Waals surface area contributed by atoms with Gasteiger partial charge in [-0.2, -0.15) is 5.10 Å². The number of fused-ring (bicyclic) bond motifs is 1. The summed E-state index contributed by atoms with van der Waals surface area (Å²) in [4.78, 5) is 32.5. The molecule has 3 amide bonds. The molecule has 1 atom stereocenters. The van der Waals surface area contributed by atoms with Gasteiger partial charge in [-0.1, -0.05) is 29.8 Å². The molecule has 7 nitrogen and oxygen atoms in total. The average molecular weight is 464 g/mol. The first kappa shape index (κ1) is 21.5. The summed E-state index contributed by atoms with van der Waals surface area (Å²) in [6.07, 6.45) is 5.61. The van der Waals surface area contributed by atoms with Gasteiger partial charge in [-0.05, 0) is 55.7 Å². The van der Waals surface area contributed by atoms with Crippen molar-refractivity contribution in [3.05, 3.63) is 77.1 Å². The lowest BCUT2D eigenvalue weighted by molar-refractivity contribution is 0.0976. The predicted octanol–water partition coefficient (Wildman–Crippen LogP) is 4.59. The van der Waals surface area contributed by atoms with Crippen molar-refractivity contribution in [2.75, 3.05) is 24.5 Å². The molecule has 0 radical (unpaired) electrons. The number of para-hydroxylation sites is 1. The van der Waals surface area contributed by atoms with Crippen molar-refractivity contribution in [1.29, 1.82) is 0 Å². The van der Waals surface area contributed by atoms with E-state index in [-0.39, 0.29) is 18.0 Å². The number of benzene rings is 2. The number of hydrogen-bond acceptors (Lipinski definition) is 3. The smallest absolute Gasteiger partial charge is 0.320 e. The zero-order valence-corrected chi connectivity index (χ0v) is 19.3. The normalized spacial score (nSPS) is 18.2. The van der Waals surface area contributed by atoms with Crippen molar-refractivity contribution in [3.63, 3.8) is 0 Å². The van der Waals surface area contributed by atoms with Gasteiger partial charge in [0, 0.05) is 50.3 Å². The molecule has 0 N–H and O–H groups in total. The first-order chi connectivity index (χ1) is 16.0. The van der Waals surface area contributed by atoms with Crippen LogP contribution in [0.1, 0.15) is 35.7 Å². The Labute approximate surface area is 198 Å². The summed E-state index contributed by atoms with van der Waals surface area (Å²) in [5.74, 6) is -0.179. The van der Waals surface area contributed by atoms with Crippen LogP contribution < -0.4 is 4.90 Å². The van der Waals surface area contributed by atoms with E-state index in [0.717, 1.165) is 42.9 Å². The van der Waals surface area contributed by atoms with E-state index in [1.165, 1.54) is 0 Å². The zero-order valence-electron chi connectivity index (χ0n) is 18.5. The molecule has 1 aromatic heterocycles. The molecular weight excluding hydrogens is 438 g/mol. The lowest BCUT2D eigenvalue weighted by atomic mass is 10.1. The van der Waals surface area contributed by atoms with E-state index in [9.17, 15) is 9.59 Å². The van der Waals surface area contributed by atoms with E-state index < -0.39 is 0 Å². The standard InChI is InChI=1S/C25H26ClN5O2/c1-18-16-30(24(32)21-10-9-20(15-22(21)26)31-14-6-11-27-31)23-8-3-2-7-19(23)17-29(18)25(33)28-12-4-5-13-28/h2-3,6-11,14-15,18H,4-5,12-13,16-17H2,1H3. The van der Waals surface area contributed by atoms with Gasteiger partial charge in [0.05, 0.1) is 16.3 Å². The minimum absolute atomic E-state index is 0.0470. The number of anilines is 1. The molecule has 0 bridgehead atoms. The third-order valence-electron chi connectivity index (χ3n) is 6.42. The van der Waals surface area contributed by atoms with Crippen molar-refractivity contribution in [2.24, 2.45) is 0 Å². The van der Waals surface area contributed by atoms with Crippen LogP contribution in [0.3, 0.4) is 0 Å². The predicted molar refractivity (Wildman–Crippen MR) is 128 cm³/mol. The topological polar surface area (TPSA) is 61.7 Å². The molecule has 8 heteroatoms. The Bertz CT molecular complexity index is 1170. The fourth-order valence-corrected chi connectivity index (χ4v) is 4.89. The van der Waals surface area contributed by atoms with E-state index in [1.54, 1.807) is 27.9 Å². The number of amides is 3. The molecular formula is C25H26ClN5O2. The summed E-state index contributed by atoms with van der Waals surface area (Å²) in [7, 11) is 0. The van der Waals surface area contributed by atoms with Gasteiger partial charge in [-0.15, -0.1) is 0 Å². The molecule has 1 fully saturated rings. The third kappa shape index (κ3) is 4.09. The number of urea groups is 1. The number of hydrogen-bond donors (Lipinski definition) is 0. The van der Waals surface area contributed by atoms with Crippen LogP contribution in [0.5, 0.6) is 0 Å². The summed E-state index contributed by atoms with van der Waals surface area (Å²) < 4.78 is 1.70. The van der Waals surface area contributed by atoms with Crippen molar-refractivity contribution < 1.29 is 9.59 Å². The third-order valence-corrected chi connectivity index (χ3v) is 6.73. The van der Waals surface area contributed by atoms with Gasteiger partial charge in [0.15, 0.2) is 0 Å². The minimum atomic E-state index is -0.179. The van der Waals surface area contributed by atoms with Gasteiger partial charge in [0.2, 0.25) is 0 Å². The molecule has 5 rings (SSSR count). The average Bonchev–Trinajstić information content (AvgIpc) is 3.53. The largest absolute Gasteiger partial charge is 0.325 e. The first-order valence-corrected chi connectivity index (χ1v) is 11.7. The van der Waals surface area contributed by atoms with E-state index in [4.69, 9.17) is 11.6 Å². The molecule has 33 heavy (non-hydrogen) atoms. The first-order valence-electron chi connectivity index (χ1n) is 11.3. The van der Waals surface area contributed by atoms with Crippen molar-refractivity contribution >= 4 is 29.2 Å². The molecule has 3 heterocycles. The molecule has 1 unspecified atom stereocenters. The number of rotatable bonds is 2. The second kappa shape index (κ2) is 8.90. The molecule has 170 valence electrons. The van der Waals surface area contributed by atoms with Crippen LogP contribution in [0.2, 0.25) is 5.02 Å². The van der Waals surface area contributed by atoms with Gasteiger partial charge >= 0.3 is 6.03 Å². The summed E-state index contributed by atoms with van der Waals surface area (Å²) in [6.45, 7) is 4.47. The van der Waals surface area contributed by atoms with Crippen LogP contribution in [-0.2, 0) is 6.54 Å². The van der Waals surface area contributed by atoms with E-state index >= 15 is 0 Å². The number of aromatic nitrogens is 2. The summed E-state index contributed by atoms with van der Waals surface area (Å²) >= 11 is 6.57. The van der Waals surface area contributed by atoms with Crippen molar-refractivity contribution in [1.82, 2.24) is 19.6 Å². The highest BCUT2D eigenvalue weighted by molar-refractivity contribution is 6.34. The van der Waals surface area contributed by atoms with Crippen molar-refractivity contribution in [2.45, 2.75) is 32.4 Å². The Morgan fingerprint density at radius 3 is 2.58 bits per heavy atom. The molecule has 1 saturated heterocycles. The number of halogens is 1. The molecule has 2 aliphatic rings. The summed E-state index contributed by atoms with van der Waals surface area (Å²) in [5.41, 5.74) is 2.98. The van der Waals surface area contributed by atoms with E-state index in [1.807, 2.05) is 59.3 Å². The van der Waals surface area contributed by atoms with Crippen molar-refractivity contribution in [3.8, 4) is 5.69 Å². The summed E-state index contributed by atoms with van der Waals surface area (Å²) in [5, 5.41) is 4.59. The quantitative estimate of drug-likeness (QED) is 0.558. The second-order valence-electron chi connectivity index (χ2n) is 8.61. The number of carbonyl (C=O) groups is 2. The van der Waals surface area contributed by atoms with Gasteiger partial charge < -0.3 is 14.7 Å². The molecule has 0 aliphatic carbocycles. The van der Waals surface area contributed by atoms with Gasteiger partial charge in [0.25, 0.3) is 5.91 Å². The molecule has 2 aromatic carbocycles. The van der Waals surface area contributed by atoms with Crippen LogP contribution in [0.25, 0.3) is 5.69 Å². The Kier molecular flexibility index (Phi) is 5.81. The fraction of sp³-hybridized carbons (Fsp3) is 0.320.